The number of ether oxygens (including phenoxy) is 1. The highest BCUT2D eigenvalue weighted by Crippen LogP contribution is 2.22. The number of rotatable bonds is 5. The van der Waals surface area contributed by atoms with Crippen LogP contribution < -0.4 is 10.1 Å². The van der Waals surface area contributed by atoms with Gasteiger partial charge in [-0.05, 0) is 24.3 Å². The lowest BCUT2D eigenvalue weighted by atomic mass is 10.2. The third-order valence-electron chi connectivity index (χ3n) is 3.11. The molecular weight excluding hydrogens is 276 g/mol. The Morgan fingerprint density at radius 2 is 2.05 bits per heavy atom. The van der Waals surface area contributed by atoms with Crippen LogP contribution in [0, 0.1) is 0 Å². The van der Waals surface area contributed by atoms with Gasteiger partial charge in [0.15, 0.2) is 0 Å². The minimum Gasteiger partial charge on any atom is -0.434 e. The highest BCUT2D eigenvalue weighted by molar-refractivity contribution is 5.81. The fourth-order valence-corrected chi connectivity index (χ4v) is 2.11. The standard InChI is InChI=1S/C15H13F2N3O/c16-15(17)21-14-4-2-1-3-10(14)8-18-12-5-6-13-11(7-12)9-19-20-13/h1-7,9,15,18H,8H2,(H,19,20). The van der Waals surface area contributed by atoms with E-state index in [0.29, 0.717) is 12.1 Å². The van der Waals surface area contributed by atoms with E-state index < -0.39 is 6.61 Å². The molecule has 6 heteroatoms. The number of anilines is 1. The second kappa shape index (κ2) is 5.78. The van der Waals surface area contributed by atoms with Crippen molar-refractivity contribution in [1.29, 1.82) is 0 Å². The number of para-hydroxylation sites is 1. The molecule has 0 aliphatic rings. The summed E-state index contributed by atoms with van der Waals surface area (Å²) in [5.41, 5.74) is 2.50. The Labute approximate surface area is 119 Å². The van der Waals surface area contributed by atoms with E-state index in [1.54, 1.807) is 24.4 Å². The first-order valence-electron chi connectivity index (χ1n) is 6.42. The Hall–Kier alpha value is -2.63. The number of halogens is 2. The third kappa shape index (κ3) is 3.10. The molecule has 108 valence electrons. The SMILES string of the molecule is FC(F)Oc1ccccc1CNc1ccc2[nH]ncc2c1. The first-order chi connectivity index (χ1) is 10.2. The van der Waals surface area contributed by atoms with Gasteiger partial charge in [0.1, 0.15) is 5.75 Å². The van der Waals surface area contributed by atoms with Gasteiger partial charge in [-0.25, -0.2) is 0 Å². The van der Waals surface area contributed by atoms with E-state index in [9.17, 15) is 8.78 Å². The molecule has 3 rings (SSSR count). The number of hydrogen-bond donors (Lipinski definition) is 2. The molecule has 0 spiro atoms. The summed E-state index contributed by atoms with van der Waals surface area (Å²) >= 11 is 0. The van der Waals surface area contributed by atoms with Crippen LogP contribution in [0.5, 0.6) is 5.75 Å². The van der Waals surface area contributed by atoms with Crippen molar-refractivity contribution in [2.24, 2.45) is 0 Å². The van der Waals surface area contributed by atoms with E-state index in [1.165, 1.54) is 6.07 Å². The van der Waals surface area contributed by atoms with E-state index in [4.69, 9.17) is 0 Å². The van der Waals surface area contributed by atoms with Crippen LogP contribution in [0.2, 0.25) is 0 Å². The van der Waals surface area contributed by atoms with Crippen molar-refractivity contribution in [1.82, 2.24) is 10.2 Å². The summed E-state index contributed by atoms with van der Waals surface area (Å²) in [6.07, 6.45) is 1.73. The number of nitrogens with one attached hydrogen (secondary N) is 2. The Morgan fingerprint density at radius 3 is 2.90 bits per heavy atom. The van der Waals surface area contributed by atoms with Crippen molar-refractivity contribution >= 4 is 16.6 Å². The molecule has 0 saturated heterocycles. The predicted molar refractivity (Wildman–Crippen MR) is 76.5 cm³/mol. The van der Waals surface area contributed by atoms with Gasteiger partial charge < -0.3 is 10.1 Å². The van der Waals surface area contributed by atoms with Crippen LogP contribution in [0.15, 0.2) is 48.7 Å². The molecule has 2 N–H and O–H groups in total. The lowest BCUT2D eigenvalue weighted by Gasteiger charge is -2.12. The quantitative estimate of drug-likeness (QED) is 0.751. The number of H-pyrrole nitrogens is 1. The van der Waals surface area contributed by atoms with Crippen molar-refractivity contribution in [2.45, 2.75) is 13.2 Å². The first kappa shape index (κ1) is 13.4. The van der Waals surface area contributed by atoms with Crippen molar-refractivity contribution in [2.75, 3.05) is 5.32 Å². The van der Waals surface area contributed by atoms with Gasteiger partial charge in [0.05, 0.1) is 11.7 Å². The maximum absolute atomic E-state index is 12.3. The van der Waals surface area contributed by atoms with Crippen molar-refractivity contribution in [3.63, 3.8) is 0 Å². The predicted octanol–water partition coefficient (Wildman–Crippen LogP) is 3.78. The summed E-state index contributed by atoms with van der Waals surface area (Å²) in [5, 5.41) is 11.0. The van der Waals surface area contributed by atoms with E-state index in [2.05, 4.69) is 20.3 Å². The smallest absolute Gasteiger partial charge is 0.387 e. The van der Waals surface area contributed by atoms with Crippen LogP contribution in [-0.2, 0) is 6.54 Å². The zero-order valence-electron chi connectivity index (χ0n) is 11.0. The van der Waals surface area contributed by atoms with Gasteiger partial charge in [0.25, 0.3) is 0 Å². The van der Waals surface area contributed by atoms with Crippen molar-refractivity contribution in [3.05, 3.63) is 54.2 Å². The van der Waals surface area contributed by atoms with Crippen LogP contribution in [-0.4, -0.2) is 16.8 Å². The van der Waals surface area contributed by atoms with Gasteiger partial charge in [0, 0.05) is 23.2 Å². The molecule has 1 aromatic heterocycles. The van der Waals surface area contributed by atoms with E-state index in [1.807, 2.05) is 18.2 Å². The second-order valence-electron chi connectivity index (χ2n) is 4.51. The third-order valence-corrected chi connectivity index (χ3v) is 3.11. The van der Waals surface area contributed by atoms with Crippen LogP contribution in [0.4, 0.5) is 14.5 Å². The fraction of sp³-hybridized carbons (Fsp3) is 0.133. The Morgan fingerprint density at radius 1 is 1.19 bits per heavy atom. The highest BCUT2D eigenvalue weighted by Gasteiger charge is 2.08. The van der Waals surface area contributed by atoms with E-state index in [-0.39, 0.29) is 5.75 Å². The maximum atomic E-state index is 12.3. The minimum atomic E-state index is -2.83. The zero-order valence-corrected chi connectivity index (χ0v) is 11.0. The fourth-order valence-electron chi connectivity index (χ4n) is 2.11. The Kier molecular flexibility index (Phi) is 3.68. The number of fused-ring (bicyclic) bond motifs is 1. The minimum absolute atomic E-state index is 0.185. The molecule has 0 amide bonds. The lowest BCUT2D eigenvalue weighted by Crippen LogP contribution is -2.07. The second-order valence-corrected chi connectivity index (χ2v) is 4.51. The molecule has 0 bridgehead atoms. The summed E-state index contributed by atoms with van der Waals surface area (Å²) in [6, 6.07) is 12.5. The van der Waals surface area contributed by atoms with Crippen LogP contribution in [0.1, 0.15) is 5.56 Å². The molecule has 2 aromatic carbocycles. The summed E-state index contributed by atoms with van der Waals surface area (Å²) in [4.78, 5) is 0. The van der Waals surface area contributed by atoms with Gasteiger partial charge in [-0.1, -0.05) is 18.2 Å². The average Bonchev–Trinajstić information content (AvgIpc) is 2.93. The molecule has 3 aromatic rings. The lowest BCUT2D eigenvalue weighted by molar-refractivity contribution is -0.0504. The van der Waals surface area contributed by atoms with E-state index >= 15 is 0 Å². The molecule has 0 unspecified atom stereocenters. The van der Waals surface area contributed by atoms with Crippen LogP contribution >= 0.6 is 0 Å². The number of aromatic amines is 1. The number of hydrogen-bond acceptors (Lipinski definition) is 3. The number of alkyl halides is 2. The van der Waals surface area contributed by atoms with Gasteiger partial charge in [-0.3, -0.25) is 5.10 Å². The normalized spacial score (nSPS) is 11.0. The topological polar surface area (TPSA) is 49.9 Å². The van der Waals surface area contributed by atoms with Crippen molar-refractivity contribution in [3.8, 4) is 5.75 Å². The zero-order chi connectivity index (χ0) is 14.7. The van der Waals surface area contributed by atoms with Gasteiger partial charge >= 0.3 is 6.61 Å². The van der Waals surface area contributed by atoms with Crippen LogP contribution in [0.25, 0.3) is 10.9 Å². The molecule has 0 aliphatic carbocycles. The van der Waals surface area contributed by atoms with Crippen LogP contribution in [0.3, 0.4) is 0 Å². The molecule has 0 atom stereocenters. The molecular formula is C15H13F2N3O. The maximum Gasteiger partial charge on any atom is 0.387 e. The first-order valence-corrected chi connectivity index (χ1v) is 6.42. The van der Waals surface area contributed by atoms with Gasteiger partial charge in [-0.15, -0.1) is 0 Å². The van der Waals surface area contributed by atoms with Crippen molar-refractivity contribution < 1.29 is 13.5 Å². The molecule has 1 heterocycles. The van der Waals surface area contributed by atoms with Gasteiger partial charge in [0.2, 0.25) is 0 Å². The number of nitrogens with zero attached hydrogens (tertiary/aromatic N) is 1. The molecule has 0 saturated carbocycles. The summed E-state index contributed by atoms with van der Waals surface area (Å²) < 4.78 is 29.2. The number of aromatic nitrogens is 2. The Bertz CT molecular complexity index is 742. The number of benzene rings is 2. The average molecular weight is 289 g/mol. The Balaban J connectivity index is 1.74. The molecule has 4 nitrogen and oxygen atoms in total. The monoisotopic (exact) mass is 289 g/mol. The summed E-state index contributed by atoms with van der Waals surface area (Å²) in [5.74, 6) is 0.185. The summed E-state index contributed by atoms with van der Waals surface area (Å²) in [7, 11) is 0. The van der Waals surface area contributed by atoms with Gasteiger partial charge in [-0.2, -0.15) is 13.9 Å². The molecule has 0 fully saturated rings. The summed E-state index contributed by atoms with van der Waals surface area (Å²) in [6.45, 7) is -2.43. The molecule has 0 radical (unpaired) electrons. The molecule has 0 aliphatic heterocycles. The van der Waals surface area contributed by atoms with E-state index in [0.717, 1.165) is 16.6 Å². The molecule has 21 heavy (non-hydrogen) atoms. The highest BCUT2D eigenvalue weighted by atomic mass is 19.3. The largest absolute Gasteiger partial charge is 0.434 e.